The van der Waals surface area contributed by atoms with Crippen LogP contribution in [0.4, 0.5) is 5.82 Å². The van der Waals surface area contributed by atoms with Crippen LogP contribution in [0.2, 0.25) is 0 Å². The van der Waals surface area contributed by atoms with Gasteiger partial charge in [0, 0.05) is 38.2 Å². The van der Waals surface area contributed by atoms with Gasteiger partial charge >= 0.3 is 0 Å². The minimum absolute atomic E-state index is 0.0778. The largest absolute Gasteiger partial charge is 0.396 e. The number of likely N-dealkylation sites (tertiary alicyclic amines) is 2. The molecule has 3 heterocycles. The van der Waals surface area contributed by atoms with Crippen LogP contribution in [0.3, 0.4) is 0 Å². The molecule has 1 aromatic rings. The van der Waals surface area contributed by atoms with Gasteiger partial charge in [0.05, 0.1) is 0 Å². The number of amides is 1. The number of nitrogens with zero attached hydrogens (tertiary/aromatic N) is 3. The van der Waals surface area contributed by atoms with Crippen molar-refractivity contribution >= 4 is 11.7 Å². The number of aliphatic hydroxyl groups excluding tert-OH is 1. The molecule has 2 aliphatic heterocycles. The van der Waals surface area contributed by atoms with Crippen molar-refractivity contribution in [2.24, 2.45) is 11.8 Å². The number of nitrogens with two attached hydrogens (primary N) is 1. The molecule has 23 heavy (non-hydrogen) atoms. The SMILES string of the molecule is Nc1cc(C(=O)N2C[C@@H](CN3CCCCCC3)[C@@H](CO)C2)[nH]n1. The van der Waals surface area contributed by atoms with E-state index in [0.717, 1.165) is 19.6 Å². The molecule has 2 aliphatic rings. The molecule has 7 heteroatoms. The number of hydrogen-bond acceptors (Lipinski definition) is 5. The van der Waals surface area contributed by atoms with E-state index in [1.165, 1.54) is 25.7 Å². The third kappa shape index (κ3) is 3.84. The van der Waals surface area contributed by atoms with Crippen molar-refractivity contribution in [3.05, 3.63) is 11.8 Å². The highest BCUT2D eigenvalue weighted by atomic mass is 16.3. The van der Waals surface area contributed by atoms with Crippen LogP contribution >= 0.6 is 0 Å². The van der Waals surface area contributed by atoms with Crippen LogP contribution in [0, 0.1) is 11.8 Å². The second-order valence-corrected chi connectivity index (χ2v) is 6.83. The number of aliphatic hydroxyl groups is 1. The van der Waals surface area contributed by atoms with Crippen molar-refractivity contribution in [1.29, 1.82) is 0 Å². The molecular weight excluding hydrogens is 294 g/mol. The molecule has 0 aliphatic carbocycles. The minimum Gasteiger partial charge on any atom is -0.396 e. The fourth-order valence-corrected chi connectivity index (χ4v) is 3.79. The average molecular weight is 321 g/mol. The number of nitrogen functional groups attached to an aromatic ring is 1. The van der Waals surface area contributed by atoms with Crippen LogP contribution in [-0.2, 0) is 0 Å². The molecule has 1 aromatic heterocycles. The zero-order chi connectivity index (χ0) is 16.2. The number of nitrogens with one attached hydrogen (secondary N) is 1. The zero-order valence-electron chi connectivity index (χ0n) is 13.6. The summed E-state index contributed by atoms with van der Waals surface area (Å²) in [6.45, 7) is 4.68. The Morgan fingerprint density at radius 3 is 2.57 bits per heavy atom. The van der Waals surface area contributed by atoms with Crippen LogP contribution in [0.25, 0.3) is 0 Å². The van der Waals surface area contributed by atoms with Gasteiger partial charge in [0.25, 0.3) is 5.91 Å². The van der Waals surface area contributed by atoms with E-state index in [0.29, 0.717) is 30.5 Å². The third-order valence-electron chi connectivity index (χ3n) is 5.12. The van der Waals surface area contributed by atoms with Crippen LogP contribution in [-0.4, -0.2) is 70.3 Å². The molecule has 3 rings (SSSR count). The first-order valence-corrected chi connectivity index (χ1v) is 8.60. The summed E-state index contributed by atoms with van der Waals surface area (Å²) in [5, 5.41) is 16.2. The van der Waals surface area contributed by atoms with Crippen LogP contribution in [0.5, 0.6) is 0 Å². The first-order chi connectivity index (χ1) is 11.2. The van der Waals surface area contributed by atoms with E-state index in [1.807, 2.05) is 4.90 Å². The summed E-state index contributed by atoms with van der Waals surface area (Å²) in [4.78, 5) is 16.8. The molecule has 2 atom stereocenters. The summed E-state index contributed by atoms with van der Waals surface area (Å²) < 4.78 is 0. The third-order valence-corrected chi connectivity index (χ3v) is 5.12. The van der Waals surface area contributed by atoms with Crippen molar-refractivity contribution < 1.29 is 9.90 Å². The number of carbonyl (C=O) groups excluding carboxylic acids is 1. The normalized spacial score (nSPS) is 26.4. The highest BCUT2D eigenvalue weighted by Gasteiger charge is 2.36. The van der Waals surface area contributed by atoms with Crippen molar-refractivity contribution in [2.45, 2.75) is 25.7 Å². The lowest BCUT2D eigenvalue weighted by molar-refractivity contribution is 0.0773. The van der Waals surface area contributed by atoms with Gasteiger partial charge in [0.15, 0.2) is 0 Å². The Bertz CT molecular complexity index is 524. The van der Waals surface area contributed by atoms with Crippen molar-refractivity contribution in [2.75, 3.05) is 45.1 Å². The molecular formula is C16H27N5O2. The number of hydrogen-bond donors (Lipinski definition) is 3. The molecule has 2 fully saturated rings. The molecule has 4 N–H and O–H groups in total. The number of aromatic nitrogens is 2. The Morgan fingerprint density at radius 1 is 1.26 bits per heavy atom. The van der Waals surface area contributed by atoms with E-state index < -0.39 is 0 Å². The van der Waals surface area contributed by atoms with Gasteiger partial charge in [-0.15, -0.1) is 0 Å². The number of aromatic amines is 1. The van der Waals surface area contributed by atoms with Gasteiger partial charge < -0.3 is 20.6 Å². The van der Waals surface area contributed by atoms with Gasteiger partial charge in [-0.3, -0.25) is 9.89 Å². The van der Waals surface area contributed by atoms with E-state index in [2.05, 4.69) is 15.1 Å². The summed E-state index contributed by atoms with van der Waals surface area (Å²) in [7, 11) is 0. The standard InChI is InChI=1S/C16H27N5O2/c17-15-7-14(18-19-15)16(23)21-9-12(13(10-21)11-22)8-20-5-3-1-2-4-6-20/h7,12-13,22H,1-6,8-11H2,(H3,17,18,19)/t12-,13-/m1/s1. The first-order valence-electron chi connectivity index (χ1n) is 8.60. The summed E-state index contributed by atoms with van der Waals surface area (Å²) in [5.41, 5.74) is 6.00. The maximum atomic E-state index is 12.5. The zero-order valence-corrected chi connectivity index (χ0v) is 13.6. The van der Waals surface area contributed by atoms with Crippen molar-refractivity contribution in [1.82, 2.24) is 20.0 Å². The summed E-state index contributed by atoms with van der Waals surface area (Å²) >= 11 is 0. The van der Waals surface area contributed by atoms with Crippen LogP contribution in [0.1, 0.15) is 36.2 Å². The van der Waals surface area contributed by atoms with Gasteiger partial charge in [0.2, 0.25) is 0 Å². The van der Waals surface area contributed by atoms with Gasteiger partial charge in [-0.25, -0.2) is 0 Å². The predicted octanol–water partition coefficient (Wildman–Crippen LogP) is 0.548. The van der Waals surface area contributed by atoms with E-state index in [9.17, 15) is 9.90 Å². The molecule has 0 unspecified atom stereocenters. The first kappa shape index (κ1) is 16.3. The van der Waals surface area contributed by atoms with Gasteiger partial charge in [0.1, 0.15) is 11.5 Å². The number of H-pyrrole nitrogens is 1. The van der Waals surface area contributed by atoms with Crippen LogP contribution < -0.4 is 5.73 Å². The summed E-state index contributed by atoms with van der Waals surface area (Å²) in [5.74, 6) is 0.739. The molecule has 0 spiro atoms. The second-order valence-electron chi connectivity index (χ2n) is 6.83. The smallest absolute Gasteiger partial charge is 0.271 e. The fraction of sp³-hybridized carbons (Fsp3) is 0.750. The second kappa shape index (κ2) is 7.31. The van der Waals surface area contributed by atoms with Crippen molar-refractivity contribution in [3.63, 3.8) is 0 Å². The van der Waals surface area contributed by atoms with Gasteiger partial charge in [-0.05, 0) is 31.8 Å². The van der Waals surface area contributed by atoms with E-state index in [1.54, 1.807) is 6.07 Å². The van der Waals surface area contributed by atoms with Crippen LogP contribution in [0.15, 0.2) is 6.07 Å². The Balaban J connectivity index is 1.61. The average Bonchev–Trinajstić information content (AvgIpc) is 3.06. The maximum absolute atomic E-state index is 12.5. The number of carbonyl (C=O) groups is 1. The summed E-state index contributed by atoms with van der Waals surface area (Å²) in [6.07, 6.45) is 5.14. The lowest BCUT2D eigenvalue weighted by Gasteiger charge is -2.26. The van der Waals surface area contributed by atoms with E-state index in [-0.39, 0.29) is 18.4 Å². The predicted molar refractivity (Wildman–Crippen MR) is 87.9 cm³/mol. The molecule has 0 saturated carbocycles. The van der Waals surface area contributed by atoms with E-state index in [4.69, 9.17) is 5.73 Å². The molecule has 0 aromatic carbocycles. The highest BCUT2D eigenvalue weighted by Crippen LogP contribution is 2.26. The highest BCUT2D eigenvalue weighted by molar-refractivity contribution is 5.93. The molecule has 0 bridgehead atoms. The molecule has 0 radical (unpaired) electrons. The number of anilines is 1. The van der Waals surface area contributed by atoms with E-state index >= 15 is 0 Å². The topological polar surface area (TPSA) is 98.5 Å². The minimum atomic E-state index is -0.0778. The van der Waals surface area contributed by atoms with Gasteiger partial charge in [-0.2, -0.15) is 5.10 Å². The molecule has 7 nitrogen and oxygen atoms in total. The van der Waals surface area contributed by atoms with Crippen molar-refractivity contribution in [3.8, 4) is 0 Å². The Morgan fingerprint density at radius 2 is 1.96 bits per heavy atom. The Kier molecular flexibility index (Phi) is 5.17. The molecule has 2 saturated heterocycles. The number of rotatable bonds is 4. The Labute approximate surface area is 136 Å². The lowest BCUT2D eigenvalue weighted by atomic mass is 9.96. The summed E-state index contributed by atoms with van der Waals surface area (Å²) in [6, 6.07) is 1.57. The Hall–Kier alpha value is -1.60. The quantitative estimate of drug-likeness (QED) is 0.752. The maximum Gasteiger partial charge on any atom is 0.271 e. The monoisotopic (exact) mass is 321 g/mol. The molecule has 1 amide bonds. The lowest BCUT2D eigenvalue weighted by Crippen LogP contribution is -2.35. The fourth-order valence-electron chi connectivity index (χ4n) is 3.79. The molecule has 128 valence electrons. The van der Waals surface area contributed by atoms with Gasteiger partial charge in [-0.1, -0.05) is 12.8 Å².